The summed E-state index contributed by atoms with van der Waals surface area (Å²) in [6, 6.07) is 6.27. The van der Waals surface area contributed by atoms with Crippen LogP contribution in [0, 0.1) is 5.82 Å². The molecule has 2 heterocycles. The molecule has 0 N–H and O–H groups in total. The molecule has 0 spiro atoms. The average molecular weight is 285 g/mol. The topological polar surface area (TPSA) is 38.1 Å². The Morgan fingerprint density at radius 2 is 1.86 bits per heavy atom. The highest BCUT2D eigenvalue weighted by molar-refractivity contribution is 5.94. The van der Waals surface area contributed by atoms with Crippen molar-refractivity contribution in [2.45, 2.75) is 25.7 Å². The van der Waals surface area contributed by atoms with Crippen LogP contribution in [0.2, 0.25) is 0 Å². The molecule has 108 valence electrons. The Bertz CT molecular complexity index is 701. The Kier molecular flexibility index (Phi) is 2.80. The van der Waals surface area contributed by atoms with Crippen LogP contribution < -0.4 is 0 Å². The zero-order valence-electron chi connectivity index (χ0n) is 11.7. The summed E-state index contributed by atoms with van der Waals surface area (Å²) in [5.74, 6) is -0.223. The number of amides is 1. The second kappa shape index (κ2) is 4.69. The van der Waals surface area contributed by atoms with E-state index in [1.165, 1.54) is 12.1 Å². The summed E-state index contributed by atoms with van der Waals surface area (Å²) in [6.45, 7) is 1.66. The number of likely N-dealkylation sites (tertiary alicyclic amines) is 1. The smallest absolute Gasteiger partial charge is 0.274 e. The molecule has 21 heavy (non-hydrogen) atoms. The number of hydrogen-bond acceptors (Lipinski definition) is 2. The number of nitrogens with zero attached hydrogens (tertiary/aromatic N) is 3. The Balaban J connectivity index is 1.78. The maximum Gasteiger partial charge on any atom is 0.274 e. The lowest BCUT2D eigenvalue weighted by molar-refractivity contribution is 0.0644. The van der Waals surface area contributed by atoms with Crippen LogP contribution in [-0.4, -0.2) is 33.7 Å². The Morgan fingerprint density at radius 1 is 1.10 bits per heavy atom. The fourth-order valence-corrected chi connectivity index (χ4v) is 3.07. The van der Waals surface area contributed by atoms with Crippen molar-refractivity contribution in [2.75, 3.05) is 13.1 Å². The van der Waals surface area contributed by atoms with Gasteiger partial charge in [0.25, 0.3) is 5.91 Å². The summed E-state index contributed by atoms with van der Waals surface area (Å²) < 4.78 is 14.9. The third-order valence-corrected chi connectivity index (χ3v) is 4.35. The van der Waals surface area contributed by atoms with Crippen molar-refractivity contribution < 1.29 is 9.18 Å². The molecule has 0 bridgehead atoms. The molecule has 2 aliphatic rings. The second-order valence-electron chi connectivity index (χ2n) is 5.66. The van der Waals surface area contributed by atoms with Gasteiger partial charge in [-0.25, -0.2) is 9.07 Å². The van der Waals surface area contributed by atoms with Gasteiger partial charge in [-0.3, -0.25) is 4.79 Å². The standard InChI is InChI=1S/C16H16FN3O/c17-11-5-7-12(8-6-11)20-14-4-1-3-13(14)15(18-20)16(21)19-9-2-10-19/h5-8H,1-4,9-10H2. The highest BCUT2D eigenvalue weighted by atomic mass is 19.1. The highest BCUT2D eigenvalue weighted by Crippen LogP contribution is 2.29. The van der Waals surface area contributed by atoms with Crippen molar-refractivity contribution in [2.24, 2.45) is 0 Å². The first kappa shape index (κ1) is 12.6. The molecule has 1 aromatic heterocycles. The predicted molar refractivity (Wildman–Crippen MR) is 76.1 cm³/mol. The molecule has 1 aliphatic heterocycles. The van der Waals surface area contributed by atoms with Crippen molar-refractivity contribution in [1.29, 1.82) is 0 Å². The lowest BCUT2D eigenvalue weighted by Crippen LogP contribution is -2.42. The zero-order valence-corrected chi connectivity index (χ0v) is 11.7. The SMILES string of the molecule is O=C(c1nn(-c2ccc(F)cc2)c2c1CCC2)N1CCC1. The van der Waals surface area contributed by atoms with Gasteiger partial charge in [0, 0.05) is 24.3 Å². The molecule has 1 fully saturated rings. The van der Waals surface area contributed by atoms with Crippen LogP contribution in [0.25, 0.3) is 5.69 Å². The van der Waals surface area contributed by atoms with E-state index in [4.69, 9.17) is 0 Å². The van der Waals surface area contributed by atoms with Crippen molar-refractivity contribution in [3.63, 3.8) is 0 Å². The minimum Gasteiger partial charge on any atom is -0.337 e. The third-order valence-electron chi connectivity index (χ3n) is 4.35. The van der Waals surface area contributed by atoms with Crippen LogP contribution in [-0.2, 0) is 12.8 Å². The van der Waals surface area contributed by atoms with Gasteiger partial charge in [0.05, 0.1) is 5.69 Å². The van der Waals surface area contributed by atoms with Crippen molar-refractivity contribution >= 4 is 5.91 Å². The summed E-state index contributed by atoms with van der Waals surface area (Å²) >= 11 is 0. The van der Waals surface area contributed by atoms with Gasteiger partial charge >= 0.3 is 0 Å². The maximum absolute atomic E-state index is 13.1. The molecule has 1 amide bonds. The van der Waals surface area contributed by atoms with Crippen LogP contribution in [0.3, 0.4) is 0 Å². The fourth-order valence-electron chi connectivity index (χ4n) is 3.07. The molecule has 1 aliphatic carbocycles. The van der Waals surface area contributed by atoms with E-state index in [0.717, 1.165) is 55.7 Å². The Labute approximate surface area is 122 Å². The third kappa shape index (κ3) is 1.95. The molecule has 4 rings (SSSR count). The van der Waals surface area contributed by atoms with E-state index in [9.17, 15) is 9.18 Å². The molecule has 0 atom stereocenters. The maximum atomic E-state index is 13.1. The van der Waals surface area contributed by atoms with Gasteiger partial charge in [0.2, 0.25) is 0 Å². The van der Waals surface area contributed by atoms with Gasteiger partial charge in [-0.2, -0.15) is 5.10 Å². The predicted octanol–water partition coefficient (Wildman–Crippen LogP) is 2.35. The largest absolute Gasteiger partial charge is 0.337 e. The van der Waals surface area contributed by atoms with Crippen LogP contribution in [0.4, 0.5) is 4.39 Å². The number of carbonyl (C=O) groups excluding carboxylic acids is 1. The molecule has 4 nitrogen and oxygen atoms in total. The monoisotopic (exact) mass is 285 g/mol. The molecule has 2 aromatic rings. The van der Waals surface area contributed by atoms with Crippen LogP contribution in [0.1, 0.15) is 34.6 Å². The van der Waals surface area contributed by atoms with Gasteiger partial charge in [0.15, 0.2) is 5.69 Å². The summed E-state index contributed by atoms with van der Waals surface area (Å²) in [4.78, 5) is 14.3. The molecule has 1 saturated heterocycles. The first-order chi connectivity index (χ1) is 10.2. The molecule has 0 saturated carbocycles. The van der Waals surface area contributed by atoms with E-state index >= 15 is 0 Å². The second-order valence-corrected chi connectivity index (χ2v) is 5.66. The summed E-state index contributed by atoms with van der Waals surface area (Å²) in [7, 11) is 0. The lowest BCUT2D eigenvalue weighted by atomic mass is 10.1. The highest BCUT2D eigenvalue weighted by Gasteiger charge is 2.31. The van der Waals surface area contributed by atoms with Crippen LogP contribution in [0.5, 0.6) is 0 Å². The quantitative estimate of drug-likeness (QED) is 0.849. The lowest BCUT2D eigenvalue weighted by Gasteiger charge is -2.30. The van der Waals surface area contributed by atoms with Crippen molar-refractivity contribution in [1.82, 2.24) is 14.7 Å². The molecular weight excluding hydrogens is 269 g/mol. The summed E-state index contributed by atoms with van der Waals surface area (Å²) in [5, 5.41) is 4.54. The van der Waals surface area contributed by atoms with Gasteiger partial charge in [0.1, 0.15) is 5.82 Å². The minimum atomic E-state index is -0.264. The van der Waals surface area contributed by atoms with Gasteiger partial charge in [-0.05, 0) is 49.9 Å². The number of rotatable bonds is 2. The first-order valence-corrected chi connectivity index (χ1v) is 7.40. The van der Waals surface area contributed by atoms with Crippen LogP contribution in [0.15, 0.2) is 24.3 Å². The Morgan fingerprint density at radius 3 is 2.52 bits per heavy atom. The molecule has 0 unspecified atom stereocenters. The first-order valence-electron chi connectivity index (χ1n) is 7.40. The van der Waals surface area contributed by atoms with Crippen molar-refractivity contribution in [3.05, 3.63) is 47.0 Å². The summed E-state index contributed by atoms with van der Waals surface area (Å²) in [5.41, 5.74) is 3.59. The van der Waals surface area contributed by atoms with E-state index in [1.807, 2.05) is 9.58 Å². The number of fused-ring (bicyclic) bond motifs is 1. The molecular formula is C16H16FN3O. The molecule has 5 heteroatoms. The number of aromatic nitrogens is 2. The van der Waals surface area contributed by atoms with Gasteiger partial charge in [-0.15, -0.1) is 0 Å². The average Bonchev–Trinajstić information content (AvgIpc) is 2.99. The van der Waals surface area contributed by atoms with E-state index in [2.05, 4.69) is 5.10 Å². The number of carbonyl (C=O) groups is 1. The normalized spacial score (nSPS) is 16.7. The summed E-state index contributed by atoms with van der Waals surface area (Å²) in [6.07, 6.45) is 3.96. The molecule has 1 aromatic carbocycles. The van der Waals surface area contributed by atoms with Gasteiger partial charge < -0.3 is 4.90 Å². The fraction of sp³-hybridized carbons (Fsp3) is 0.375. The number of halogens is 1. The zero-order chi connectivity index (χ0) is 14.4. The number of hydrogen-bond donors (Lipinski definition) is 0. The van der Waals surface area contributed by atoms with E-state index in [1.54, 1.807) is 12.1 Å². The van der Waals surface area contributed by atoms with Crippen molar-refractivity contribution in [3.8, 4) is 5.69 Å². The van der Waals surface area contributed by atoms with Gasteiger partial charge in [-0.1, -0.05) is 0 Å². The van der Waals surface area contributed by atoms with E-state index in [-0.39, 0.29) is 11.7 Å². The minimum absolute atomic E-state index is 0.0419. The molecule has 0 radical (unpaired) electrons. The van der Waals surface area contributed by atoms with Crippen LogP contribution >= 0.6 is 0 Å². The van der Waals surface area contributed by atoms with E-state index < -0.39 is 0 Å². The van der Waals surface area contributed by atoms with E-state index in [0.29, 0.717) is 5.69 Å². The Hall–Kier alpha value is -2.17. The number of benzene rings is 1.